The molecule has 1 amide bonds. The second-order valence-corrected chi connectivity index (χ2v) is 6.50. The van der Waals surface area contributed by atoms with Crippen molar-refractivity contribution < 1.29 is 9.18 Å². The van der Waals surface area contributed by atoms with Gasteiger partial charge >= 0.3 is 0 Å². The van der Waals surface area contributed by atoms with E-state index in [1.807, 2.05) is 29.1 Å². The maximum Gasteiger partial charge on any atom is 0.230 e. The van der Waals surface area contributed by atoms with Crippen LogP contribution in [0.2, 0.25) is 0 Å². The van der Waals surface area contributed by atoms with Crippen molar-refractivity contribution in [2.24, 2.45) is 0 Å². The quantitative estimate of drug-likeness (QED) is 0.764. The highest BCUT2D eigenvalue weighted by Crippen LogP contribution is 2.26. The molecule has 3 rings (SSSR count). The Balaban J connectivity index is 1.68. The molecule has 0 spiro atoms. The number of hydrogen-bond acceptors (Lipinski definition) is 4. The molecule has 0 atom stereocenters. The Kier molecular flexibility index (Phi) is 4.31. The van der Waals surface area contributed by atoms with Gasteiger partial charge in [-0.1, -0.05) is 6.07 Å². The molecule has 0 unspecified atom stereocenters. The molecule has 1 N–H and O–H groups in total. The lowest BCUT2D eigenvalue weighted by Gasteiger charge is -2.06. The molecule has 3 nitrogen and oxygen atoms in total. The predicted molar refractivity (Wildman–Crippen MR) is 88.9 cm³/mol. The van der Waals surface area contributed by atoms with Gasteiger partial charge in [0.2, 0.25) is 5.91 Å². The van der Waals surface area contributed by atoms with Crippen LogP contribution in [0.5, 0.6) is 0 Å². The molecular weight excluding hydrogens is 319 g/mol. The van der Waals surface area contributed by atoms with E-state index >= 15 is 0 Å². The van der Waals surface area contributed by atoms with Crippen LogP contribution in [0.1, 0.15) is 11.3 Å². The van der Waals surface area contributed by atoms with Crippen LogP contribution >= 0.6 is 22.7 Å². The molecule has 0 bridgehead atoms. The lowest BCUT2D eigenvalue weighted by Crippen LogP contribution is -2.15. The molecule has 0 radical (unpaired) electrons. The van der Waals surface area contributed by atoms with Gasteiger partial charge in [0.15, 0.2) is 0 Å². The molecule has 2 heterocycles. The summed E-state index contributed by atoms with van der Waals surface area (Å²) >= 11 is 3.11. The smallest absolute Gasteiger partial charge is 0.230 e. The Morgan fingerprint density at radius 1 is 1.32 bits per heavy atom. The van der Waals surface area contributed by atoms with Crippen LogP contribution in [0.15, 0.2) is 40.4 Å². The first-order chi connectivity index (χ1) is 10.6. The number of thiophene rings is 1. The molecule has 6 heteroatoms. The number of amides is 1. The summed E-state index contributed by atoms with van der Waals surface area (Å²) < 4.78 is 13.6. The van der Waals surface area contributed by atoms with Gasteiger partial charge in [-0.3, -0.25) is 4.79 Å². The minimum atomic E-state index is -0.434. The molecule has 1 aromatic carbocycles. The summed E-state index contributed by atoms with van der Waals surface area (Å²) in [5.41, 5.74) is 2.85. The number of nitrogens with one attached hydrogen (secondary N) is 1. The molecule has 112 valence electrons. The monoisotopic (exact) mass is 332 g/mol. The Hall–Kier alpha value is -2.05. The summed E-state index contributed by atoms with van der Waals surface area (Å²) in [7, 11) is 0. The van der Waals surface area contributed by atoms with Crippen LogP contribution < -0.4 is 5.32 Å². The second kappa shape index (κ2) is 6.37. The van der Waals surface area contributed by atoms with Crippen molar-refractivity contribution in [2.45, 2.75) is 13.3 Å². The average molecular weight is 332 g/mol. The molecule has 2 aromatic heterocycles. The van der Waals surface area contributed by atoms with Gasteiger partial charge in [0.25, 0.3) is 0 Å². The predicted octanol–water partition coefficient (Wildman–Crippen LogP) is 4.50. The van der Waals surface area contributed by atoms with Crippen molar-refractivity contribution in [1.29, 1.82) is 0 Å². The number of benzene rings is 1. The van der Waals surface area contributed by atoms with Crippen LogP contribution in [0.3, 0.4) is 0 Å². The summed E-state index contributed by atoms with van der Waals surface area (Å²) in [5, 5.41) is 9.36. The third-order valence-corrected chi connectivity index (χ3v) is 4.68. The molecule has 22 heavy (non-hydrogen) atoms. The number of carbonyl (C=O) groups is 1. The van der Waals surface area contributed by atoms with Crippen molar-refractivity contribution in [2.75, 3.05) is 5.32 Å². The van der Waals surface area contributed by atoms with Gasteiger partial charge < -0.3 is 5.32 Å². The summed E-state index contributed by atoms with van der Waals surface area (Å²) in [4.78, 5) is 16.5. The zero-order chi connectivity index (χ0) is 15.5. The van der Waals surface area contributed by atoms with Crippen LogP contribution in [-0.4, -0.2) is 10.9 Å². The standard InChI is InChI=1S/C16H13FN2OS2/c1-10-2-3-13(17)14(6-10)19-15(20)7-12-9-22-16(18-12)11-4-5-21-8-11/h2-6,8-9H,7H2,1H3,(H,19,20). The van der Waals surface area contributed by atoms with Gasteiger partial charge in [-0.25, -0.2) is 9.37 Å². The van der Waals surface area contributed by atoms with Crippen LogP contribution in [0.4, 0.5) is 10.1 Å². The normalized spacial score (nSPS) is 10.6. The molecule has 0 aliphatic rings. The van der Waals surface area contributed by atoms with Crippen molar-refractivity contribution in [3.8, 4) is 10.6 Å². The first-order valence-electron chi connectivity index (χ1n) is 6.65. The number of nitrogens with zero attached hydrogens (tertiary/aromatic N) is 1. The maximum atomic E-state index is 13.6. The third kappa shape index (κ3) is 3.40. The van der Waals surface area contributed by atoms with Crippen molar-refractivity contribution >= 4 is 34.3 Å². The van der Waals surface area contributed by atoms with E-state index in [-0.39, 0.29) is 18.0 Å². The van der Waals surface area contributed by atoms with Crippen molar-refractivity contribution in [1.82, 2.24) is 4.98 Å². The van der Waals surface area contributed by atoms with Crippen LogP contribution in [-0.2, 0) is 11.2 Å². The van der Waals surface area contributed by atoms with E-state index in [4.69, 9.17) is 0 Å². The Morgan fingerprint density at radius 3 is 2.95 bits per heavy atom. The fourth-order valence-electron chi connectivity index (χ4n) is 2.00. The van der Waals surface area contributed by atoms with E-state index in [2.05, 4.69) is 10.3 Å². The van der Waals surface area contributed by atoms with Gasteiger partial charge in [-0.05, 0) is 36.1 Å². The molecule has 0 saturated heterocycles. The number of aryl methyl sites for hydroxylation is 1. The number of thiazole rings is 1. The van der Waals surface area contributed by atoms with Crippen LogP contribution in [0, 0.1) is 12.7 Å². The Labute approximate surface area is 135 Å². The number of rotatable bonds is 4. The Bertz CT molecular complexity index is 796. The highest BCUT2D eigenvalue weighted by Gasteiger charge is 2.11. The summed E-state index contributed by atoms with van der Waals surface area (Å²) in [6, 6.07) is 6.63. The largest absolute Gasteiger partial charge is 0.323 e. The zero-order valence-electron chi connectivity index (χ0n) is 11.8. The van der Waals surface area contributed by atoms with Crippen LogP contribution in [0.25, 0.3) is 10.6 Å². The average Bonchev–Trinajstić information content (AvgIpc) is 3.13. The number of halogens is 1. The minimum Gasteiger partial charge on any atom is -0.323 e. The van der Waals surface area contributed by atoms with E-state index in [0.717, 1.165) is 16.1 Å². The summed E-state index contributed by atoms with van der Waals surface area (Å²) in [6.07, 6.45) is 0.133. The minimum absolute atomic E-state index is 0.133. The SMILES string of the molecule is Cc1ccc(F)c(NC(=O)Cc2csc(-c3ccsc3)n2)c1. The van der Waals surface area contributed by atoms with E-state index in [0.29, 0.717) is 5.69 Å². The summed E-state index contributed by atoms with van der Waals surface area (Å²) in [6.45, 7) is 1.85. The summed E-state index contributed by atoms with van der Waals surface area (Å²) in [5.74, 6) is -0.706. The Morgan fingerprint density at radius 2 is 2.18 bits per heavy atom. The molecule has 0 saturated carbocycles. The first kappa shape index (κ1) is 14.9. The number of carbonyl (C=O) groups excluding carboxylic acids is 1. The molecule has 3 aromatic rings. The highest BCUT2D eigenvalue weighted by molar-refractivity contribution is 7.14. The van der Waals surface area contributed by atoms with E-state index in [1.165, 1.54) is 17.4 Å². The van der Waals surface area contributed by atoms with Gasteiger partial charge in [0.05, 0.1) is 17.8 Å². The number of anilines is 1. The fraction of sp³-hybridized carbons (Fsp3) is 0.125. The highest BCUT2D eigenvalue weighted by atomic mass is 32.1. The lowest BCUT2D eigenvalue weighted by molar-refractivity contribution is -0.115. The zero-order valence-corrected chi connectivity index (χ0v) is 13.4. The third-order valence-electron chi connectivity index (χ3n) is 3.06. The number of hydrogen-bond donors (Lipinski definition) is 1. The molecular formula is C16H13FN2OS2. The van der Waals surface area contributed by atoms with E-state index in [1.54, 1.807) is 23.5 Å². The second-order valence-electron chi connectivity index (χ2n) is 4.86. The van der Waals surface area contributed by atoms with Gasteiger partial charge in [0, 0.05) is 16.3 Å². The maximum absolute atomic E-state index is 13.6. The van der Waals surface area contributed by atoms with Gasteiger partial charge in [-0.15, -0.1) is 11.3 Å². The molecule has 0 aliphatic carbocycles. The first-order valence-corrected chi connectivity index (χ1v) is 8.47. The van der Waals surface area contributed by atoms with E-state index in [9.17, 15) is 9.18 Å². The van der Waals surface area contributed by atoms with Crippen molar-refractivity contribution in [3.63, 3.8) is 0 Å². The van der Waals surface area contributed by atoms with E-state index < -0.39 is 5.82 Å². The number of aromatic nitrogens is 1. The molecule has 0 aliphatic heterocycles. The topological polar surface area (TPSA) is 42.0 Å². The lowest BCUT2D eigenvalue weighted by atomic mass is 10.2. The van der Waals surface area contributed by atoms with Gasteiger partial charge in [-0.2, -0.15) is 11.3 Å². The molecule has 0 fully saturated rings. The van der Waals surface area contributed by atoms with Crippen molar-refractivity contribution in [3.05, 3.63) is 57.5 Å². The fourth-order valence-corrected chi connectivity index (χ4v) is 3.53. The van der Waals surface area contributed by atoms with Gasteiger partial charge in [0.1, 0.15) is 10.8 Å².